The summed E-state index contributed by atoms with van der Waals surface area (Å²) in [6.07, 6.45) is -0.886. The smallest absolute Gasteiger partial charge is 0.228 e. The Morgan fingerprint density at radius 1 is 1.27 bits per heavy atom. The standard InChI is InChI=1S/C19H20ClN3O3/c1-13(25)22(9-10-24)18-12-23(26)19(14-5-3-2-4-6-14)16-11-15(20)7-8-17(16)21-18/h2-8,11,13,24-25H,9-10,12H2,1H3. The number of rotatable bonds is 4. The minimum absolute atomic E-state index is 0.0541. The number of aliphatic hydroxyl groups excluding tert-OH is 2. The lowest BCUT2D eigenvalue weighted by molar-refractivity contribution is -0.440. The Kier molecular flexibility index (Phi) is 5.56. The molecular formula is C19H20ClN3O3. The Morgan fingerprint density at radius 2 is 2.00 bits per heavy atom. The van der Waals surface area contributed by atoms with Gasteiger partial charge in [-0.15, -0.1) is 0 Å². The molecule has 0 bridgehead atoms. The number of amidine groups is 1. The molecule has 0 fully saturated rings. The summed E-state index contributed by atoms with van der Waals surface area (Å²) >= 11 is 6.16. The van der Waals surface area contributed by atoms with Crippen LogP contribution < -0.4 is 0 Å². The van der Waals surface area contributed by atoms with Gasteiger partial charge < -0.3 is 20.3 Å². The Morgan fingerprint density at radius 3 is 2.65 bits per heavy atom. The second-order valence-electron chi connectivity index (χ2n) is 5.99. The Labute approximate surface area is 156 Å². The molecule has 2 aromatic rings. The predicted molar refractivity (Wildman–Crippen MR) is 102 cm³/mol. The molecule has 1 unspecified atom stereocenters. The highest BCUT2D eigenvalue weighted by Crippen LogP contribution is 2.28. The van der Waals surface area contributed by atoms with Crippen LogP contribution in [-0.4, -0.2) is 57.3 Å². The first-order valence-electron chi connectivity index (χ1n) is 8.31. The molecule has 0 saturated carbocycles. The molecule has 136 valence electrons. The van der Waals surface area contributed by atoms with E-state index >= 15 is 0 Å². The first-order valence-corrected chi connectivity index (χ1v) is 8.69. The maximum absolute atomic E-state index is 13.0. The van der Waals surface area contributed by atoms with Crippen molar-refractivity contribution in [3.05, 3.63) is 69.9 Å². The monoisotopic (exact) mass is 373 g/mol. The molecule has 0 aliphatic carbocycles. The first kappa shape index (κ1) is 18.4. The molecule has 1 aliphatic rings. The number of benzene rings is 2. The molecule has 0 aromatic heterocycles. The summed E-state index contributed by atoms with van der Waals surface area (Å²) in [4.78, 5) is 6.11. The zero-order valence-corrected chi connectivity index (χ0v) is 15.1. The zero-order valence-electron chi connectivity index (χ0n) is 14.3. The molecule has 0 saturated heterocycles. The number of hydrogen-bond donors (Lipinski definition) is 2. The van der Waals surface area contributed by atoms with E-state index in [-0.39, 0.29) is 19.7 Å². The second kappa shape index (κ2) is 7.86. The van der Waals surface area contributed by atoms with Gasteiger partial charge in [0.15, 0.2) is 5.84 Å². The summed E-state index contributed by atoms with van der Waals surface area (Å²) < 4.78 is 0.850. The average molecular weight is 374 g/mol. The number of nitrogens with zero attached hydrogens (tertiary/aromatic N) is 3. The summed E-state index contributed by atoms with van der Waals surface area (Å²) in [5, 5.41) is 32.8. The third-order valence-corrected chi connectivity index (χ3v) is 4.40. The molecule has 1 aliphatic heterocycles. The van der Waals surface area contributed by atoms with Crippen LogP contribution in [0.2, 0.25) is 5.02 Å². The van der Waals surface area contributed by atoms with Crippen LogP contribution in [-0.2, 0) is 0 Å². The number of aliphatic imine (C=N–C) groups is 1. The van der Waals surface area contributed by atoms with Crippen molar-refractivity contribution in [2.75, 3.05) is 19.7 Å². The highest BCUT2D eigenvalue weighted by atomic mass is 35.5. The lowest BCUT2D eigenvalue weighted by Gasteiger charge is -2.27. The van der Waals surface area contributed by atoms with E-state index in [1.165, 1.54) is 4.90 Å². The van der Waals surface area contributed by atoms with Crippen molar-refractivity contribution in [1.29, 1.82) is 0 Å². The van der Waals surface area contributed by atoms with Gasteiger partial charge in [-0.2, -0.15) is 4.74 Å². The van der Waals surface area contributed by atoms with Crippen LogP contribution >= 0.6 is 11.6 Å². The van der Waals surface area contributed by atoms with Gasteiger partial charge in [-0.25, -0.2) is 4.99 Å². The Balaban J connectivity index is 2.19. The number of hydrogen-bond acceptors (Lipinski definition) is 5. The van der Waals surface area contributed by atoms with Gasteiger partial charge in [0, 0.05) is 17.1 Å². The summed E-state index contributed by atoms with van der Waals surface area (Å²) in [7, 11) is 0. The molecule has 1 atom stereocenters. The molecule has 26 heavy (non-hydrogen) atoms. The van der Waals surface area contributed by atoms with Crippen LogP contribution in [0.1, 0.15) is 18.1 Å². The van der Waals surface area contributed by atoms with E-state index in [9.17, 15) is 15.4 Å². The normalized spacial score (nSPS) is 15.2. The topological polar surface area (TPSA) is 82.1 Å². The van der Waals surface area contributed by atoms with Gasteiger partial charge in [-0.3, -0.25) is 0 Å². The number of halogens is 1. The summed E-state index contributed by atoms with van der Waals surface area (Å²) in [5.41, 5.74) is 2.44. The minimum atomic E-state index is -0.886. The quantitative estimate of drug-likeness (QED) is 0.489. The van der Waals surface area contributed by atoms with Crippen LogP contribution in [0.25, 0.3) is 0 Å². The van der Waals surface area contributed by atoms with Crippen LogP contribution in [0.4, 0.5) is 5.69 Å². The molecule has 7 heteroatoms. The molecule has 6 nitrogen and oxygen atoms in total. The number of hydroxylamine groups is 1. The molecule has 1 heterocycles. The lowest BCUT2D eigenvalue weighted by Crippen LogP contribution is -2.43. The van der Waals surface area contributed by atoms with Crippen molar-refractivity contribution < 1.29 is 15.0 Å². The van der Waals surface area contributed by atoms with E-state index < -0.39 is 6.23 Å². The van der Waals surface area contributed by atoms with Crippen molar-refractivity contribution in [2.45, 2.75) is 13.2 Å². The SMILES string of the molecule is CC(O)N(CCO)C1=Nc2ccc(Cl)cc2C(c2ccccc2)=[N+]([O-])C1. The van der Waals surface area contributed by atoms with E-state index in [0.29, 0.717) is 27.8 Å². The molecular weight excluding hydrogens is 354 g/mol. The van der Waals surface area contributed by atoms with Gasteiger partial charge in [-0.1, -0.05) is 29.8 Å². The highest BCUT2D eigenvalue weighted by Gasteiger charge is 2.28. The summed E-state index contributed by atoms with van der Waals surface area (Å²) in [5.74, 6) is 0.388. The number of aliphatic hydroxyl groups is 2. The van der Waals surface area contributed by atoms with Gasteiger partial charge in [0.2, 0.25) is 12.3 Å². The van der Waals surface area contributed by atoms with Crippen LogP contribution in [0.5, 0.6) is 0 Å². The van der Waals surface area contributed by atoms with Crippen molar-refractivity contribution in [1.82, 2.24) is 4.90 Å². The van der Waals surface area contributed by atoms with Gasteiger partial charge in [0.1, 0.15) is 6.23 Å². The third kappa shape index (κ3) is 3.72. The van der Waals surface area contributed by atoms with E-state index in [1.54, 1.807) is 25.1 Å². The highest BCUT2D eigenvalue weighted by molar-refractivity contribution is 6.31. The van der Waals surface area contributed by atoms with Gasteiger partial charge >= 0.3 is 0 Å². The molecule has 0 spiro atoms. The molecule has 3 rings (SSSR count). The van der Waals surface area contributed by atoms with Crippen LogP contribution in [0.15, 0.2) is 53.5 Å². The summed E-state index contributed by atoms with van der Waals surface area (Å²) in [6.45, 7) is 1.53. The van der Waals surface area contributed by atoms with Crippen molar-refractivity contribution >= 4 is 28.8 Å². The fourth-order valence-electron chi connectivity index (χ4n) is 3.00. The fourth-order valence-corrected chi connectivity index (χ4v) is 3.17. The van der Waals surface area contributed by atoms with E-state index in [0.717, 1.165) is 10.3 Å². The molecule has 0 radical (unpaired) electrons. The Hall–Kier alpha value is -2.41. The maximum Gasteiger partial charge on any atom is 0.228 e. The van der Waals surface area contributed by atoms with Gasteiger partial charge in [-0.05, 0) is 37.3 Å². The second-order valence-corrected chi connectivity index (χ2v) is 6.43. The van der Waals surface area contributed by atoms with Gasteiger partial charge in [0.25, 0.3) is 0 Å². The average Bonchev–Trinajstić information content (AvgIpc) is 2.75. The zero-order chi connectivity index (χ0) is 18.7. The molecule has 0 amide bonds. The van der Waals surface area contributed by atoms with Crippen LogP contribution in [0, 0.1) is 5.21 Å². The molecule has 2 N–H and O–H groups in total. The summed E-state index contributed by atoms with van der Waals surface area (Å²) in [6, 6.07) is 14.5. The molecule has 2 aromatic carbocycles. The number of fused-ring (bicyclic) bond motifs is 1. The predicted octanol–water partition coefficient (Wildman–Crippen LogP) is 2.36. The van der Waals surface area contributed by atoms with Gasteiger partial charge in [0.05, 0.1) is 17.9 Å². The van der Waals surface area contributed by atoms with E-state index in [4.69, 9.17) is 11.6 Å². The minimum Gasteiger partial charge on any atom is -0.623 e. The maximum atomic E-state index is 13.0. The largest absolute Gasteiger partial charge is 0.623 e. The van der Waals surface area contributed by atoms with E-state index in [1.807, 2.05) is 30.3 Å². The van der Waals surface area contributed by atoms with Crippen molar-refractivity contribution in [3.63, 3.8) is 0 Å². The van der Waals surface area contributed by atoms with E-state index in [2.05, 4.69) is 4.99 Å². The van der Waals surface area contributed by atoms with Crippen molar-refractivity contribution in [3.8, 4) is 0 Å². The van der Waals surface area contributed by atoms with Crippen LogP contribution in [0.3, 0.4) is 0 Å². The lowest BCUT2D eigenvalue weighted by atomic mass is 10.0. The third-order valence-electron chi connectivity index (χ3n) is 4.17. The first-order chi connectivity index (χ1) is 12.5. The Bertz CT molecular complexity index is 850. The fraction of sp³-hybridized carbons (Fsp3) is 0.263. The van der Waals surface area contributed by atoms with Crippen molar-refractivity contribution in [2.24, 2.45) is 4.99 Å².